The molecular weight excluding hydrogens is 212 g/mol. The Balaban J connectivity index is 2.48. The Bertz CT molecular complexity index is 465. The lowest BCUT2D eigenvalue weighted by Gasteiger charge is -2.19. The predicted molar refractivity (Wildman–Crippen MR) is 69.0 cm³/mol. The van der Waals surface area contributed by atoms with Crippen LogP contribution in [0.15, 0.2) is 42.6 Å². The molecule has 0 radical (unpaired) electrons. The Morgan fingerprint density at radius 1 is 1.12 bits per heavy atom. The topological polar surface area (TPSA) is 77.0 Å². The van der Waals surface area contributed by atoms with Gasteiger partial charge in [0.05, 0.1) is 6.04 Å². The van der Waals surface area contributed by atoms with Gasteiger partial charge in [0, 0.05) is 11.8 Å². The highest BCUT2D eigenvalue weighted by Crippen LogP contribution is 2.26. The van der Waals surface area contributed by atoms with Gasteiger partial charge in [-0.25, -0.2) is 10.4 Å². The second kappa shape index (κ2) is 4.95. The molecule has 0 aliphatic rings. The van der Waals surface area contributed by atoms with Crippen LogP contribution in [0.3, 0.4) is 0 Å². The number of hydrogen-bond donors (Lipinski definition) is 3. The van der Waals surface area contributed by atoms with Gasteiger partial charge in [0.2, 0.25) is 0 Å². The Labute approximate surface area is 101 Å². The molecule has 1 unspecified atom stereocenters. The molecule has 1 aromatic carbocycles. The van der Waals surface area contributed by atoms with Gasteiger partial charge in [0.15, 0.2) is 0 Å². The summed E-state index contributed by atoms with van der Waals surface area (Å²) in [6, 6.07) is 11.7. The molecule has 0 amide bonds. The van der Waals surface area contributed by atoms with Crippen LogP contribution in [-0.2, 0) is 0 Å². The van der Waals surface area contributed by atoms with E-state index < -0.39 is 0 Å². The molecule has 0 fully saturated rings. The summed E-state index contributed by atoms with van der Waals surface area (Å²) in [4.78, 5) is 4.09. The third kappa shape index (κ3) is 2.27. The predicted octanol–water partition coefficient (Wildman–Crippen LogP) is 1.52. The SMILES string of the molecule is Cc1ccccc1C(NN)c1cccnc1N. The van der Waals surface area contributed by atoms with Crippen LogP contribution in [0.1, 0.15) is 22.7 Å². The van der Waals surface area contributed by atoms with E-state index in [2.05, 4.69) is 10.4 Å². The highest BCUT2D eigenvalue weighted by molar-refractivity contribution is 5.47. The van der Waals surface area contributed by atoms with E-state index >= 15 is 0 Å². The van der Waals surface area contributed by atoms with Crippen molar-refractivity contribution in [1.29, 1.82) is 0 Å². The van der Waals surface area contributed by atoms with Crippen LogP contribution in [0.2, 0.25) is 0 Å². The number of aromatic nitrogens is 1. The summed E-state index contributed by atoms with van der Waals surface area (Å²) >= 11 is 0. The van der Waals surface area contributed by atoms with E-state index in [1.807, 2.05) is 43.3 Å². The lowest BCUT2D eigenvalue weighted by Crippen LogP contribution is -2.30. The molecule has 1 atom stereocenters. The molecule has 0 bridgehead atoms. The zero-order valence-corrected chi connectivity index (χ0v) is 9.72. The van der Waals surface area contributed by atoms with Gasteiger partial charge in [-0.05, 0) is 24.1 Å². The number of anilines is 1. The van der Waals surface area contributed by atoms with E-state index in [1.54, 1.807) is 6.20 Å². The van der Waals surface area contributed by atoms with Crippen LogP contribution in [0.4, 0.5) is 5.82 Å². The molecule has 88 valence electrons. The summed E-state index contributed by atoms with van der Waals surface area (Å²) < 4.78 is 0. The molecule has 2 aromatic rings. The van der Waals surface area contributed by atoms with Gasteiger partial charge >= 0.3 is 0 Å². The van der Waals surface area contributed by atoms with E-state index in [4.69, 9.17) is 11.6 Å². The lowest BCUT2D eigenvalue weighted by molar-refractivity contribution is 0.633. The minimum Gasteiger partial charge on any atom is -0.383 e. The number of hydrazine groups is 1. The fourth-order valence-electron chi connectivity index (χ4n) is 1.93. The normalized spacial score (nSPS) is 12.4. The summed E-state index contributed by atoms with van der Waals surface area (Å²) in [5.41, 5.74) is 11.8. The van der Waals surface area contributed by atoms with Gasteiger partial charge < -0.3 is 5.73 Å². The molecule has 0 saturated heterocycles. The lowest BCUT2D eigenvalue weighted by atomic mass is 9.96. The number of pyridine rings is 1. The van der Waals surface area contributed by atoms with Gasteiger partial charge in [0.1, 0.15) is 5.82 Å². The van der Waals surface area contributed by atoms with E-state index in [0.29, 0.717) is 5.82 Å². The average Bonchev–Trinajstić information content (AvgIpc) is 2.34. The maximum Gasteiger partial charge on any atom is 0.128 e. The van der Waals surface area contributed by atoms with Gasteiger partial charge in [-0.2, -0.15) is 0 Å². The van der Waals surface area contributed by atoms with Crippen molar-refractivity contribution >= 4 is 5.82 Å². The molecule has 5 N–H and O–H groups in total. The number of benzene rings is 1. The summed E-state index contributed by atoms with van der Waals surface area (Å²) in [7, 11) is 0. The monoisotopic (exact) mass is 228 g/mol. The number of rotatable bonds is 3. The maximum atomic E-state index is 5.88. The van der Waals surface area contributed by atoms with E-state index in [1.165, 1.54) is 5.56 Å². The Kier molecular flexibility index (Phi) is 3.37. The minimum atomic E-state index is -0.134. The number of nitrogens with two attached hydrogens (primary N) is 2. The first kappa shape index (κ1) is 11.6. The van der Waals surface area contributed by atoms with Gasteiger partial charge in [-0.1, -0.05) is 30.3 Å². The quantitative estimate of drug-likeness (QED) is 0.550. The van der Waals surface area contributed by atoms with Crippen LogP contribution in [0.5, 0.6) is 0 Å². The summed E-state index contributed by atoms with van der Waals surface area (Å²) in [5.74, 6) is 6.14. The summed E-state index contributed by atoms with van der Waals surface area (Å²) in [6.07, 6.45) is 1.67. The molecule has 1 aromatic heterocycles. The first-order valence-corrected chi connectivity index (χ1v) is 5.46. The minimum absolute atomic E-state index is 0.134. The highest BCUT2D eigenvalue weighted by atomic mass is 15.2. The largest absolute Gasteiger partial charge is 0.383 e. The van der Waals surface area contributed by atoms with Crippen molar-refractivity contribution in [2.45, 2.75) is 13.0 Å². The molecule has 0 spiro atoms. The van der Waals surface area contributed by atoms with Crippen molar-refractivity contribution in [2.75, 3.05) is 5.73 Å². The van der Waals surface area contributed by atoms with E-state index in [9.17, 15) is 0 Å². The summed E-state index contributed by atoms with van der Waals surface area (Å²) in [6.45, 7) is 2.05. The van der Waals surface area contributed by atoms with Crippen molar-refractivity contribution in [2.24, 2.45) is 5.84 Å². The first-order valence-electron chi connectivity index (χ1n) is 5.46. The van der Waals surface area contributed by atoms with Crippen molar-refractivity contribution < 1.29 is 0 Å². The average molecular weight is 228 g/mol. The summed E-state index contributed by atoms with van der Waals surface area (Å²) in [5, 5.41) is 0. The third-order valence-electron chi connectivity index (χ3n) is 2.85. The molecule has 4 heteroatoms. The highest BCUT2D eigenvalue weighted by Gasteiger charge is 2.16. The zero-order chi connectivity index (χ0) is 12.3. The van der Waals surface area contributed by atoms with Crippen LogP contribution in [-0.4, -0.2) is 4.98 Å². The third-order valence-corrected chi connectivity index (χ3v) is 2.85. The Morgan fingerprint density at radius 2 is 1.82 bits per heavy atom. The molecule has 4 nitrogen and oxygen atoms in total. The molecule has 17 heavy (non-hydrogen) atoms. The molecule has 2 rings (SSSR count). The number of hydrogen-bond acceptors (Lipinski definition) is 4. The van der Waals surface area contributed by atoms with E-state index in [-0.39, 0.29) is 6.04 Å². The fraction of sp³-hybridized carbons (Fsp3) is 0.154. The smallest absolute Gasteiger partial charge is 0.128 e. The van der Waals surface area contributed by atoms with Crippen LogP contribution >= 0.6 is 0 Å². The number of aryl methyl sites for hydroxylation is 1. The standard InChI is InChI=1S/C13H16N4/c1-9-5-2-3-6-10(9)12(17-15)11-7-4-8-16-13(11)14/h2-8,12,17H,15H2,1H3,(H2,14,16). The maximum absolute atomic E-state index is 5.88. The van der Waals surface area contributed by atoms with E-state index in [0.717, 1.165) is 11.1 Å². The van der Waals surface area contributed by atoms with Crippen LogP contribution in [0, 0.1) is 6.92 Å². The van der Waals surface area contributed by atoms with Crippen molar-refractivity contribution in [3.8, 4) is 0 Å². The van der Waals surface area contributed by atoms with Crippen molar-refractivity contribution in [3.05, 3.63) is 59.3 Å². The van der Waals surface area contributed by atoms with Crippen molar-refractivity contribution in [3.63, 3.8) is 0 Å². The molecule has 0 aliphatic heterocycles. The number of nitrogens with zero attached hydrogens (tertiary/aromatic N) is 1. The van der Waals surface area contributed by atoms with Gasteiger partial charge in [-0.15, -0.1) is 0 Å². The Hall–Kier alpha value is -1.91. The molecular formula is C13H16N4. The zero-order valence-electron chi connectivity index (χ0n) is 9.72. The molecule has 0 aliphatic carbocycles. The number of nitrogens with one attached hydrogen (secondary N) is 1. The van der Waals surface area contributed by atoms with Gasteiger partial charge in [0.25, 0.3) is 0 Å². The fourth-order valence-corrected chi connectivity index (χ4v) is 1.93. The van der Waals surface area contributed by atoms with Crippen LogP contribution < -0.4 is 17.0 Å². The van der Waals surface area contributed by atoms with Crippen LogP contribution in [0.25, 0.3) is 0 Å². The first-order chi connectivity index (χ1) is 8.24. The second-order valence-electron chi connectivity index (χ2n) is 3.93. The second-order valence-corrected chi connectivity index (χ2v) is 3.93. The molecule has 1 heterocycles. The number of nitrogen functional groups attached to an aromatic ring is 1. The van der Waals surface area contributed by atoms with Crippen molar-refractivity contribution in [1.82, 2.24) is 10.4 Å². The Morgan fingerprint density at radius 3 is 2.47 bits per heavy atom. The molecule has 0 saturated carbocycles. The van der Waals surface area contributed by atoms with Gasteiger partial charge in [-0.3, -0.25) is 5.84 Å².